The number of hydrogen-bond donors (Lipinski definition) is 2. The number of carboxylic acid groups (broad SMARTS) is 1. The molecule has 0 heterocycles. The number of carbonyl (C=O) groups excluding carboxylic acids is 1. The van der Waals surface area contributed by atoms with Crippen LogP contribution in [0.15, 0.2) is 5.16 Å². The van der Waals surface area contributed by atoms with Crippen molar-refractivity contribution in [1.82, 2.24) is 0 Å². The summed E-state index contributed by atoms with van der Waals surface area (Å²) >= 11 is 0. The van der Waals surface area contributed by atoms with Gasteiger partial charge in [-0.25, -0.2) is 0 Å². The van der Waals surface area contributed by atoms with Crippen LogP contribution in [0.4, 0.5) is 0 Å². The zero-order valence-corrected chi connectivity index (χ0v) is 9.57. The lowest BCUT2D eigenvalue weighted by Crippen LogP contribution is -2.44. The number of carbonyl (C=O) groups is 2. The summed E-state index contributed by atoms with van der Waals surface area (Å²) in [6, 6.07) is 0. The third kappa shape index (κ3) is 0.750. The highest BCUT2D eigenvalue weighted by atomic mass is 16.4. The molecule has 0 aromatic rings. The second-order valence-electron chi connectivity index (χ2n) is 5.45. The standard InChI is InChI=1S/C11H15NO4/c1-9(2)10(3)4-5-11(9,8(14)15)6(12-16)7(10)13/h16H,4-5H2,1-3H3,(H,14,15)/b12-6-. The van der Waals surface area contributed by atoms with Crippen molar-refractivity contribution in [1.29, 1.82) is 0 Å². The first-order valence-electron chi connectivity index (χ1n) is 5.26. The van der Waals surface area contributed by atoms with E-state index in [9.17, 15) is 14.7 Å². The zero-order chi connectivity index (χ0) is 12.4. The van der Waals surface area contributed by atoms with Crippen LogP contribution in [0.1, 0.15) is 33.6 Å². The van der Waals surface area contributed by atoms with E-state index in [0.717, 1.165) is 0 Å². The summed E-state index contributed by atoms with van der Waals surface area (Å²) in [5, 5.41) is 21.3. The molecule has 2 aliphatic rings. The Labute approximate surface area is 93.1 Å². The smallest absolute Gasteiger partial charge is 0.316 e. The van der Waals surface area contributed by atoms with Gasteiger partial charge in [0.05, 0.1) is 0 Å². The Hall–Kier alpha value is -1.39. The van der Waals surface area contributed by atoms with Gasteiger partial charge in [0.25, 0.3) is 0 Å². The minimum Gasteiger partial charge on any atom is -0.481 e. The number of nitrogens with zero attached hydrogens (tertiary/aromatic N) is 1. The van der Waals surface area contributed by atoms with Crippen LogP contribution in [0.25, 0.3) is 0 Å². The van der Waals surface area contributed by atoms with E-state index in [2.05, 4.69) is 5.16 Å². The molecule has 16 heavy (non-hydrogen) atoms. The lowest BCUT2D eigenvalue weighted by atomic mass is 9.65. The Morgan fingerprint density at radius 3 is 2.25 bits per heavy atom. The maximum Gasteiger partial charge on any atom is 0.316 e. The van der Waals surface area contributed by atoms with Gasteiger partial charge in [0.1, 0.15) is 11.1 Å². The Morgan fingerprint density at radius 1 is 1.31 bits per heavy atom. The van der Waals surface area contributed by atoms with Gasteiger partial charge in [-0.3, -0.25) is 9.59 Å². The van der Waals surface area contributed by atoms with Gasteiger partial charge in [-0.2, -0.15) is 0 Å². The second-order valence-corrected chi connectivity index (χ2v) is 5.45. The van der Waals surface area contributed by atoms with E-state index in [1.165, 1.54) is 0 Å². The van der Waals surface area contributed by atoms with E-state index in [1.54, 1.807) is 20.8 Å². The molecule has 0 radical (unpaired) electrons. The molecular weight excluding hydrogens is 210 g/mol. The molecule has 5 nitrogen and oxygen atoms in total. The Bertz CT molecular complexity index is 426. The molecule has 0 aliphatic heterocycles. The predicted molar refractivity (Wildman–Crippen MR) is 55.4 cm³/mol. The molecule has 0 saturated heterocycles. The van der Waals surface area contributed by atoms with Crippen molar-refractivity contribution >= 4 is 17.5 Å². The van der Waals surface area contributed by atoms with Crippen molar-refractivity contribution in [2.24, 2.45) is 21.4 Å². The fourth-order valence-corrected chi connectivity index (χ4v) is 3.41. The Morgan fingerprint density at radius 2 is 1.88 bits per heavy atom. The Balaban J connectivity index is 2.77. The van der Waals surface area contributed by atoms with Crippen LogP contribution in [-0.4, -0.2) is 27.8 Å². The van der Waals surface area contributed by atoms with E-state index in [-0.39, 0.29) is 11.5 Å². The molecule has 5 heteroatoms. The first-order chi connectivity index (χ1) is 7.25. The third-order valence-corrected chi connectivity index (χ3v) is 5.03. The number of fused-ring (bicyclic) bond motifs is 2. The van der Waals surface area contributed by atoms with E-state index in [4.69, 9.17) is 5.21 Å². The second kappa shape index (κ2) is 2.64. The molecule has 2 N–H and O–H groups in total. The quantitative estimate of drug-likeness (QED) is 0.520. The highest BCUT2D eigenvalue weighted by Crippen LogP contribution is 2.69. The lowest BCUT2D eigenvalue weighted by Gasteiger charge is -2.35. The van der Waals surface area contributed by atoms with Gasteiger partial charge in [0.2, 0.25) is 0 Å². The van der Waals surface area contributed by atoms with Gasteiger partial charge >= 0.3 is 5.97 Å². The molecule has 0 aromatic heterocycles. The van der Waals surface area contributed by atoms with Crippen LogP contribution >= 0.6 is 0 Å². The normalized spacial score (nSPS) is 42.9. The molecule has 2 atom stereocenters. The van der Waals surface area contributed by atoms with E-state index in [1.807, 2.05) is 0 Å². The Kier molecular flexibility index (Phi) is 1.84. The molecule has 2 fully saturated rings. The number of aliphatic carboxylic acids is 1. The summed E-state index contributed by atoms with van der Waals surface area (Å²) in [6.07, 6.45) is 0.890. The minimum atomic E-state index is -1.33. The van der Waals surface area contributed by atoms with Crippen LogP contribution in [0, 0.1) is 16.2 Å². The predicted octanol–water partition coefficient (Wildman–Crippen LogP) is 1.30. The molecule has 0 spiro atoms. The van der Waals surface area contributed by atoms with Crippen molar-refractivity contribution in [3.8, 4) is 0 Å². The van der Waals surface area contributed by atoms with Gasteiger partial charge in [-0.1, -0.05) is 25.9 Å². The zero-order valence-electron chi connectivity index (χ0n) is 9.57. The summed E-state index contributed by atoms with van der Waals surface area (Å²) in [7, 11) is 0. The molecule has 2 rings (SSSR count). The van der Waals surface area contributed by atoms with Gasteiger partial charge in [0, 0.05) is 5.41 Å². The van der Waals surface area contributed by atoms with Gasteiger partial charge in [-0.15, -0.1) is 0 Å². The molecule has 0 amide bonds. The molecule has 2 aliphatic carbocycles. The first-order valence-corrected chi connectivity index (χ1v) is 5.26. The molecule has 2 bridgehead atoms. The highest BCUT2D eigenvalue weighted by molar-refractivity contribution is 6.50. The van der Waals surface area contributed by atoms with Crippen LogP contribution in [0.2, 0.25) is 0 Å². The van der Waals surface area contributed by atoms with E-state index in [0.29, 0.717) is 12.8 Å². The summed E-state index contributed by atoms with van der Waals surface area (Å²) in [6.45, 7) is 5.30. The van der Waals surface area contributed by atoms with Gasteiger partial charge in [0.15, 0.2) is 5.78 Å². The minimum absolute atomic E-state index is 0.182. The average molecular weight is 225 g/mol. The number of carboxylic acids is 1. The number of oxime groups is 1. The van der Waals surface area contributed by atoms with Crippen molar-refractivity contribution in [3.05, 3.63) is 0 Å². The fourth-order valence-electron chi connectivity index (χ4n) is 3.41. The van der Waals surface area contributed by atoms with Crippen LogP contribution in [0.3, 0.4) is 0 Å². The number of Topliss-reactive ketones (excluding diaryl/α,β-unsaturated/α-hetero) is 1. The molecule has 2 unspecified atom stereocenters. The summed E-state index contributed by atoms with van der Waals surface area (Å²) in [5.41, 5.74) is -2.95. The summed E-state index contributed by atoms with van der Waals surface area (Å²) in [5.74, 6) is -1.39. The van der Waals surface area contributed by atoms with Crippen LogP contribution in [0.5, 0.6) is 0 Å². The first kappa shape index (κ1) is 11.1. The van der Waals surface area contributed by atoms with Crippen LogP contribution < -0.4 is 0 Å². The van der Waals surface area contributed by atoms with Crippen molar-refractivity contribution < 1.29 is 19.9 Å². The maximum absolute atomic E-state index is 12.1. The van der Waals surface area contributed by atoms with Gasteiger partial charge < -0.3 is 10.3 Å². The monoisotopic (exact) mass is 225 g/mol. The summed E-state index contributed by atoms with van der Waals surface area (Å²) < 4.78 is 0. The van der Waals surface area contributed by atoms with Gasteiger partial charge in [-0.05, 0) is 18.3 Å². The third-order valence-electron chi connectivity index (χ3n) is 5.03. The molecular formula is C11H15NO4. The fraction of sp³-hybridized carbons (Fsp3) is 0.727. The number of hydrogen-bond acceptors (Lipinski definition) is 4. The van der Waals surface area contributed by atoms with Crippen LogP contribution in [-0.2, 0) is 9.59 Å². The maximum atomic E-state index is 12.1. The van der Waals surface area contributed by atoms with E-state index < -0.39 is 22.2 Å². The van der Waals surface area contributed by atoms with Crippen molar-refractivity contribution in [3.63, 3.8) is 0 Å². The van der Waals surface area contributed by atoms with E-state index >= 15 is 0 Å². The lowest BCUT2D eigenvalue weighted by molar-refractivity contribution is -0.149. The highest BCUT2D eigenvalue weighted by Gasteiger charge is 2.77. The number of rotatable bonds is 1. The van der Waals surface area contributed by atoms with Crippen molar-refractivity contribution in [2.45, 2.75) is 33.6 Å². The molecule has 88 valence electrons. The SMILES string of the molecule is CC12CCC(C(=O)O)(/C(=N\O)C1=O)C2(C)C. The average Bonchev–Trinajstić information content (AvgIpc) is 2.47. The van der Waals surface area contributed by atoms with Crippen molar-refractivity contribution in [2.75, 3.05) is 0 Å². The molecule has 0 aromatic carbocycles. The number of ketones is 1. The summed E-state index contributed by atoms with van der Waals surface area (Å²) in [4.78, 5) is 23.6. The largest absolute Gasteiger partial charge is 0.481 e. The molecule has 2 saturated carbocycles. The topological polar surface area (TPSA) is 87.0 Å².